The minimum absolute atomic E-state index is 0.225. The minimum Gasteiger partial charge on any atom is -0.464 e. The van der Waals surface area contributed by atoms with E-state index < -0.39 is 29.7 Å². The molecule has 0 bridgehead atoms. The molecule has 1 aliphatic heterocycles. The molecule has 1 fully saturated rings. The smallest absolute Gasteiger partial charge is 0.410 e. The van der Waals surface area contributed by atoms with Crippen LogP contribution < -0.4 is 5.32 Å². The van der Waals surface area contributed by atoms with Crippen LogP contribution in [-0.4, -0.2) is 53.7 Å². The Morgan fingerprint density at radius 2 is 2.00 bits per heavy atom. The summed E-state index contributed by atoms with van der Waals surface area (Å²) < 4.78 is 10.4. The van der Waals surface area contributed by atoms with Crippen LogP contribution in [0.4, 0.5) is 4.79 Å². The normalized spacial score (nSPS) is 19.7. The van der Waals surface area contributed by atoms with Gasteiger partial charge in [0.1, 0.15) is 17.7 Å². The summed E-state index contributed by atoms with van der Waals surface area (Å²) in [5.41, 5.74) is -0.633. The fraction of sp³-hybridized carbons (Fsp3) is 0.722. The van der Waals surface area contributed by atoms with Gasteiger partial charge in [0.2, 0.25) is 5.91 Å². The highest BCUT2D eigenvalue weighted by Gasteiger charge is 2.38. The number of hydrogen-bond donors (Lipinski definition) is 1. The first-order valence-corrected chi connectivity index (χ1v) is 8.70. The van der Waals surface area contributed by atoms with Crippen molar-refractivity contribution < 1.29 is 23.9 Å². The van der Waals surface area contributed by atoms with Crippen molar-refractivity contribution >= 4 is 18.0 Å². The van der Waals surface area contributed by atoms with Crippen LogP contribution in [0.3, 0.4) is 0 Å². The molecule has 7 heteroatoms. The molecule has 0 spiro atoms. The van der Waals surface area contributed by atoms with E-state index in [0.717, 1.165) is 0 Å². The van der Waals surface area contributed by atoms with Crippen molar-refractivity contribution in [3.8, 4) is 0 Å². The molecule has 1 heterocycles. The summed E-state index contributed by atoms with van der Waals surface area (Å²) in [6.45, 7) is 13.2. The van der Waals surface area contributed by atoms with Crippen molar-refractivity contribution in [3.05, 3.63) is 12.7 Å². The number of nitrogens with zero attached hydrogens (tertiary/aromatic N) is 1. The van der Waals surface area contributed by atoms with Crippen molar-refractivity contribution in [1.82, 2.24) is 10.2 Å². The number of esters is 1. The lowest BCUT2D eigenvalue weighted by Gasteiger charge is -2.29. The van der Waals surface area contributed by atoms with Gasteiger partial charge in [-0.1, -0.05) is 13.0 Å². The minimum atomic E-state index is -0.828. The second kappa shape index (κ2) is 8.87. The molecule has 0 unspecified atom stereocenters. The first kappa shape index (κ1) is 21.0. The van der Waals surface area contributed by atoms with Crippen molar-refractivity contribution in [3.63, 3.8) is 0 Å². The molecule has 0 aromatic heterocycles. The summed E-state index contributed by atoms with van der Waals surface area (Å²) in [6, 6.07) is -1.48. The Morgan fingerprint density at radius 3 is 2.52 bits per heavy atom. The van der Waals surface area contributed by atoms with Crippen LogP contribution in [0.2, 0.25) is 0 Å². The van der Waals surface area contributed by atoms with Gasteiger partial charge in [-0.2, -0.15) is 0 Å². The van der Waals surface area contributed by atoms with Crippen molar-refractivity contribution in [2.45, 2.75) is 65.1 Å². The van der Waals surface area contributed by atoms with Gasteiger partial charge in [-0.05, 0) is 40.5 Å². The molecule has 0 radical (unpaired) electrons. The Morgan fingerprint density at radius 1 is 1.36 bits per heavy atom. The van der Waals surface area contributed by atoms with Crippen molar-refractivity contribution in [2.75, 3.05) is 13.2 Å². The van der Waals surface area contributed by atoms with Crippen LogP contribution >= 0.6 is 0 Å². The highest BCUT2D eigenvalue weighted by atomic mass is 16.6. The molecule has 0 aliphatic carbocycles. The van der Waals surface area contributed by atoms with Crippen molar-refractivity contribution in [1.29, 1.82) is 0 Å². The molecule has 142 valence electrons. The Bertz CT molecular complexity index is 512. The van der Waals surface area contributed by atoms with Crippen LogP contribution in [0, 0.1) is 5.92 Å². The lowest BCUT2D eigenvalue weighted by Crippen LogP contribution is -2.53. The number of ether oxygens (including phenoxy) is 2. The van der Waals surface area contributed by atoms with Crippen LogP contribution in [0.5, 0.6) is 0 Å². The predicted octanol–water partition coefficient (Wildman–Crippen LogP) is 2.26. The van der Waals surface area contributed by atoms with Gasteiger partial charge in [0.05, 0.1) is 6.61 Å². The van der Waals surface area contributed by atoms with Crippen molar-refractivity contribution in [2.24, 2.45) is 5.92 Å². The number of amides is 2. The molecule has 1 aliphatic rings. The van der Waals surface area contributed by atoms with E-state index in [9.17, 15) is 14.4 Å². The number of likely N-dealkylation sites (tertiary alicyclic amines) is 1. The summed E-state index contributed by atoms with van der Waals surface area (Å²) in [5, 5.41) is 2.71. The third kappa shape index (κ3) is 6.07. The van der Waals surface area contributed by atoms with Gasteiger partial charge < -0.3 is 14.8 Å². The molecule has 25 heavy (non-hydrogen) atoms. The van der Waals surface area contributed by atoms with E-state index in [0.29, 0.717) is 19.4 Å². The number of carbonyl (C=O) groups excluding carboxylic acids is 3. The second-order valence-corrected chi connectivity index (χ2v) is 7.16. The molecule has 0 aromatic rings. The van der Waals surface area contributed by atoms with Crippen LogP contribution in [0.25, 0.3) is 0 Å². The lowest BCUT2D eigenvalue weighted by molar-refractivity contribution is -0.148. The first-order chi connectivity index (χ1) is 11.6. The zero-order valence-corrected chi connectivity index (χ0v) is 15.8. The summed E-state index contributed by atoms with van der Waals surface area (Å²) in [7, 11) is 0. The van der Waals surface area contributed by atoms with E-state index in [1.54, 1.807) is 40.7 Å². The molecule has 3 atom stereocenters. The van der Waals surface area contributed by atoms with E-state index in [-0.39, 0.29) is 18.4 Å². The summed E-state index contributed by atoms with van der Waals surface area (Å²) in [4.78, 5) is 38.5. The quantitative estimate of drug-likeness (QED) is 0.584. The van der Waals surface area contributed by atoms with Gasteiger partial charge in [0.15, 0.2) is 0 Å². The summed E-state index contributed by atoms with van der Waals surface area (Å²) in [5.74, 6) is -1.18. The highest BCUT2D eigenvalue weighted by molar-refractivity contribution is 5.90. The second-order valence-electron chi connectivity index (χ2n) is 7.16. The zero-order chi connectivity index (χ0) is 19.2. The van der Waals surface area contributed by atoms with Gasteiger partial charge in [-0.25, -0.2) is 9.59 Å². The lowest BCUT2D eigenvalue weighted by atomic mass is 10.0. The Hall–Kier alpha value is -2.05. The molecule has 1 rings (SSSR count). The Labute approximate surface area is 149 Å². The Balaban J connectivity index is 2.83. The third-order valence-electron chi connectivity index (χ3n) is 3.92. The summed E-state index contributed by atoms with van der Waals surface area (Å²) in [6.07, 6.45) is 2.30. The SMILES string of the molecule is C=C[C@H](C)[C@@H](NC(=O)[C@@H]1CCCN1C(=O)OC(C)(C)C)C(=O)OCC. The highest BCUT2D eigenvalue weighted by Crippen LogP contribution is 2.21. The standard InChI is InChI=1S/C18H30N2O5/c1-7-12(3)14(16(22)24-8-2)19-15(21)13-10-9-11-20(13)17(23)25-18(4,5)6/h7,12-14H,1,8-11H2,2-6H3,(H,19,21)/t12-,13-,14+/m0/s1. The monoisotopic (exact) mass is 354 g/mol. The third-order valence-corrected chi connectivity index (χ3v) is 3.92. The predicted molar refractivity (Wildman–Crippen MR) is 93.9 cm³/mol. The van der Waals surface area contributed by atoms with Crippen LogP contribution in [0.15, 0.2) is 12.7 Å². The van der Waals surface area contributed by atoms with E-state index in [1.807, 2.05) is 0 Å². The fourth-order valence-electron chi connectivity index (χ4n) is 2.60. The number of nitrogens with one attached hydrogen (secondary N) is 1. The van der Waals surface area contributed by atoms with Gasteiger partial charge >= 0.3 is 12.1 Å². The molecular weight excluding hydrogens is 324 g/mol. The van der Waals surface area contributed by atoms with Gasteiger partial charge in [-0.3, -0.25) is 9.69 Å². The number of carbonyl (C=O) groups is 3. The van der Waals surface area contributed by atoms with E-state index in [1.165, 1.54) is 4.90 Å². The molecule has 0 aromatic carbocycles. The average molecular weight is 354 g/mol. The molecule has 0 saturated carbocycles. The maximum absolute atomic E-state index is 12.7. The van der Waals surface area contributed by atoms with Gasteiger partial charge in [0, 0.05) is 12.5 Å². The Kier molecular flexibility index (Phi) is 7.45. The maximum atomic E-state index is 12.7. The molecule has 7 nitrogen and oxygen atoms in total. The van der Waals surface area contributed by atoms with Crippen LogP contribution in [0.1, 0.15) is 47.5 Å². The van der Waals surface area contributed by atoms with Gasteiger partial charge in [0.25, 0.3) is 0 Å². The zero-order valence-electron chi connectivity index (χ0n) is 15.8. The molecule has 1 N–H and O–H groups in total. The number of hydrogen-bond acceptors (Lipinski definition) is 5. The average Bonchev–Trinajstić information content (AvgIpc) is 3.00. The topological polar surface area (TPSA) is 84.9 Å². The fourth-order valence-corrected chi connectivity index (χ4v) is 2.60. The van der Waals surface area contributed by atoms with E-state index in [2.05, 4.69) is 11.9 Å². The van der Waals surface area contributed by atoms with Gasteiger partial charge in [-0.15, -0.1) is 6.58 Å². The van der Waals surface area contributed by atoms with E-state index in [4.69, 9.17) is 9.47 Å². The summed E-state index contributed by atoms with van der Waals surface area (Å²) >= 11 is 0. The maximum Gasteiger partial charge on any atom is 0.410 e. The number of rotatable bonds is 6. The largest absolute Gasteiger partial charge is 0.464 e. The van der Waals surface area contributed by atoms with Crippen LogP contribution in [-0.2, 0) is 19.1 Å². The molecule has 1 saturated heterocycles. The van der Waals surface area contributed by atoms with E-state index >= 15 is 0 Å². The molecule has 2 amide bonds. The molecular formula is C18H30N2O5. The first-order valence-electron chi connectivity index (χ1n) is 8.70.